The SMILES string of the molecule is N#CCO[C@@H](CC(C(N)=O)c1cc([N+](=O)[O-])ccc1F)c1ccccc1. The number of hydrogen-bond acceptors (Lipinski definition) is 5. The Kier molecular flexibility index (Phi) is 6.36. The van der Waals surface area contributed by atoms with Crippen LogP contribution in [0.1, 0.15) is 29.6 Å². The molecule has 2 atom stereocenters. The number of ether oxygens (including phenoxy) is 1. The second-order valence-corrected chi connectivity index (χ2v) is 5.52. The van der Waals surface area contributed by atoms with Crippen LogP contribution in [0.15, 0.2) is 48.5 Å². The van der Waals surface area contributed by atoms with Gasteiger partial charge < -0.3 is 10.5 Å². The summed E-state index contributed by atoms with van der Waals surface area (Å²) >= 11 is 0. The van der Waals surface area contributed by atoms with Gasteiger partial charge in [0.05, 0.1) is 23.0 Å². The minimum Gasteiger partial charge on any atom is -0.369 e. The van der Waals surface area contributed by atoms with E-state index in [1.807, 2.05) is 6.07 Å². The van der Waals surface area contributed by atoms with Crippen molar-refractivity contribution in [2.75, 3.05) is 6.61 Å². The molecule has 0 radical (unpaired) electrons. The average Bonchev–Trinajstić information content (AvgIpc) is 2.63. The second kappa shape index (κ2) is 8.69. The van der Waals surface area contributed by atoms with E-state index in [1.54, 1.807) is 30.3 Å². The number of carbonyl (C=O) groups is 1. The summed E-state index contributed by atoms with van der Waals surface area (Å²) in [4.78, 5) is 22.2. The van der Waals surface area contributed by atoms with Crippen molar-refractivity contribution in [2.24, 2.45) is 5.73 Å². The third-order valence-corrected chi connectivity index (χ3v) is 3.88. The number of hydrogen-bond donors (Lipinski definition) is 1. The third-order valence-electron chi connectivity index (χ3n) is 3.88. The van der Waals surface area contributed by atoms with Crippen LogP contribution in [-0.2, 0) is 9.53 Å². The molecule has 2 aromatic carbocycles. The zero-order valence-electron chi connectivity index (χ0n) is 13.7. The molecule has 134 valence electrons. The molecule has 0 saturated carbocycles. The number of nitriles is 1. The summed E-state index contributed by atoms with van der Waals surface area (Å²) in [6.45, 7) is -0.234. The summed E-state index contributed by atoms with van der Waals surface area (Å²) < 4.78 is 19.7. The molecule has 1 unspecified atom stereocenters. The van der Waals surface area contributed by atoms with Gasteiger partial charge in [-0.3, -0.25) is 14.9 Å². The number of non-ortho nitro benzene ring substituents is 1. The first-order valence-corrected chi connectivity index (χ1v) is 7.70. The van der Waals surface area contributed by atoms with Crippen LogP contribution >= 0.6 is 0 Å². The molecule has 0 saturated heterocycles. The molecule has 0 aromatic heterocycles. The molecule has 2 rings (SSSR count). The molecule has 1 amide bonds. The molecule has 0 spiro atoms. The fourth-order valence-corrected chi connectivity index (χ4v) is 2.63. The lowest BCUT2D eigenvalue weighted by Gasteiger charge is -2.22. The number of benzene rings is 2. The van der Waals surface area contributed by atoms with Gasteiger partial charge in [-0.2, -0.15) is 5.26 Å². The third kappa shape index (κ3) is 4.62. The van der Waals surface area contributed by atoms with E-state index in [0.717, 1.165) is 18.2 Å². The predicted octanol–water partition coefficient (Wildman–Crippen LogP) is 2.97. The first-order valence-electron chi connectivity index (χ1n) is 7.70. The van der Waals surface area contributed by atoms with E-state index in [4.69, 9.17) is 15.7 Å². The fraction of sp³-hybridized carbons (Fsp3) is 0.222. The average molecular weight is 357 g/mol. The van der Waals surface area contributed by atoms with E-state index < -0.39 is 28.7 Å². The summed E-state index contributed by atoms with van der Waals surface area (Å²) in [6, 6.07) is 13.6. The van der Waals surface area contributed by atoms with Gasteiger partial charge in [0.15, 0.2) is 0 Å². The van der Waals surface area contributed by atoms with Gasteiger partial charge in [-0.1, -0.05) is 30.3 Å². The number of primary amides is 1. The van der Waals surface area contributed by atoms with E-state index >= 15 is 0 Å². The highest BCUT2D eigenvalue weighted by atomic mass is 19.1. The lowest BCUT2D eigenvalue weighted by molar-refractivity contribution is -0.385. The Bertz CT molecular complexity index is 836. The first kappa shape index (κ1) is 19.0. The monoisotopic (exact) mass is 357 g/mol. The normalized spacial score (nSPS) is 12.8. The highest BCUT2D eigenvalue weighted by Gasteiger charge is 2.28. The quantitative estimate of drug-likeness (QED) is 0.575. The Morgan fingerprint density at radius 1 is 1.31 bits per heavy atom. The highest BCUT2D eigenvalue weighted by Crippen LogP contribution is 2.33. The molecular formula is C18H16FN3O4. The van der Waals surface area contributed by atoms with Crippen LogP contribution in [0.4, 0.5) is 10.1 Å². The smallest absolute Gasteiger partial charge is 0.269 e. The van der Waals surface area contributed by atoms with E-state index in [0.29, 0.717) is 5.56 Å². The van der Waals surface area contributed by atoms with Gasteiger partial charge >= 0.3 is 0 Å². The molecule has 0 aliphatic heterocycles. The maximum absolute atomic E-state index is 14.2. The van der Waals surface area contributed by atoms with Gasteiger partial charge in [0.25, 0.3) is 5.69 Å². The maximum Gasteiger partial charge on any atom is 0.269 e. The number of nitro benzene ring substituents is 1. The Balaban J connectivity index is 2.40. The van der Waals surface area contributed by atoms with E-state index in [2.05, 4.69) is 0 Å². The minimum absolute atomic E-state index is 0.0564. The zero-order chi connectivity index (χ0) is 19.1. The largest absolute Gasteiger partial charge is 0.369 e. The summed E-state index contributed by atoms with van der Waals surface area (Å²) in [5.41, 5.74) is 5.58. The summed E-state index contributed by atoms with van der Waals surface area (Å²) in [6.07, 6.45) is -0.758. The number of amides is 1. The molecule has 2 aromatic rings. The van der Waals surface area contributed by atoms with Crippen molar-refractivity contribution in [1.82, 2.24) is 0 Å². The highest BCUT2D eigenvalue weighted by molar-refractivity contribution is 5.82. The second-order valence-electron chi connectivity index (χ2n) is 5.52. The lowest BCUT2D eigenvalue weighted by Crippen LogP contribution is -2.25. The summed E-state index contributed by atoms with van der Waals surface area (Å²) in [5, 5.41) is 19.7. The Morgan fingerprint density at radius 3 is 2.58 bits per heavy atom. The number of nitro groups is 1. The molecule has 2 N–H and O–H groups in total. The number of halogens is 1. The van der Waals surface area contributed by atoms with Crippen LogP contribution in [0.3, 0.4) is 0 Å². The molecule has 0 aliphatic rings. The lowest BCUT2D eigenvalue weighted by atomic mass is 9.89. The van der Waals surface area contributed by atoms with Gasteiger partial charge in [0.1, 0.15) is 12.4 Å². The van der Waals surface area contributed by atoms with Crippen molar-refractivity contribution in [3.8, 4) is 6.07 Å². The zero-order valence-corrected chi connectivity index (χ0v) is 13.7. The van der Waals surface area contributed by atoms with Crippen LogP contribution in [-0.4, -0.2) is 17.4 Å². The minimum atomic E-state index is -1.15. The van der Waals surface area contributed by atoms with Crippen molar-refractivity contribution >= 4 is 11.6 Å². The topological polar surface area (TPSA) is 119 Å². The number of carbonyl (C=O) groups excluding carboxylic acids is 1. The molecule has 8 heteroatoms. The van der Waals surface area contributed by atoms with Gasteiger partial charge in [-0.25, -0.2) is 4.39 Å². The van der Waals surface area contributed by atoms with Crippen molar-refractivity contribution in [3.63, 3.8) is 0 Å². The van der Waals surface area contributed by atoms with Gasteiger partial charge in [0.2, 0.25) is 5.91 Å². The van der Waals surface area contributed by atoms with Crippen LogP contribution in [0.25, 0.3) is 0 Å². The van der Waals surface area contributed by atoms with Crippen molar-refractivity contribution in [3.05, 3.63) is 75.6 Å². The number of rotatable bonds is 8. The van der Waals surface area contributed by atoms with Crippen LogP contribution in [0, 0.1) is 27.3 Å². The van der Waals surface area contributed by atoms with E-state index in [-0.39, 0.29) is 24.3 Å². The van der Waals surface area contributed by atoms with Crippen LogP contribution in [0.2, 0.25) is 0 Å². The molecule has 0 bridgehead atoms. The van der Waals surface area contributed by atoms with E-state index in [9.17, 15) is 19.3 Å². The summed E-state index contributed by atoms with van der Waals surface area (Å²) in [5.74, 6) is -2.77. The molecule has 0 aliphatic carbocycles. The van der Waals surface area contributed by atoms with Crippen molar-refractivity contribution in [1.29, 1.82) is 5.26 Å². The molecule has 26 heavy (non-hydrogen) atoms. The standard InChI is InChI=1S/C18H16FN3O4/c19-16-7-6-13(22(24)25)10-14(16)15(18(21)23)11-17(26-9-8-20)12-4-2-1-3-5-12/h1-7,10,15,17H,9,11H2,(H2,21,23)/t15?,17-/m0/s1. The van der Waals surface area contributed by atoms with Gasteiger partial charge in [0, 0.05) is 17.7 Å². The molecule has 0 fully saturated rings. The van der Waals surface area contributed by atoms with Gasteiger partial charge in [-0.15, -0.1) is 0 Å². The number of nitrogens with zero attached hydrogens (tertiary/aromatic N) is 2. The number of nitrogens with two attached hydrogens (primary N) is 1. The van der Waals surface area contributed by atoms with Crippen LogP contribution < -0.4 is 5.73 Å². The molecule has 0 heterocycles. The van der Waals surface area contributed by atoms with Crippen molar-refractivity contribution < 1.29 is 18.8 Å². The Labute approximate surface area is 149 Å². The Morgan fingerprint density at radius 2 is 2.00 bits per heavy atom. The fourth-order valence-electron chi connectivity index (χ4n) is 2.63. The first-order chi connectivity index (χ1) is 12.4. The molecule has 7 nitrogen and oxygen atoms in total. The summed E-state index contributed by atoms with van der Waals surface area (Å²) in [7, 11) is 0. The van der Waals surface area contributed by atoms with Crippen molar-refractivity contribution in [2.45, 2.75) is 18.4 Å². The van der Waals surface area contributed by atoms with Gasteiger partial charge in [-0.05, 0) is 18.1 Å². The van der Waals surface area contributed by atoms with E-state index in [1.165, 1.54) is 0 Å². The predicted molar refractivity (Wildman–Crippen MR) is 90.4 cm³/mol. The molecular weight excluding hydrogens is 341 g/mol. The van der Waals surface area contributed by atoms with Crippen LogP contribution in [0.5, 0.6) is 0 Å². The maximum atomic E-state index is 14.2. The Hall–Kier alpha value is -3.31.